The van der Waals surface area contributed by atoms with Crippen LogP contribution in [0.5, 0.6) is 0 Å². The van der Waals surface area contributed by atoms with Gasteiger partial charge in [-0.1, -0.05) is 11.6 Å². The van der Waals surface area contributed by atoms with Gasteiger partial charge in [0.15, 0.2) is 0 Å². The van der Waals surface area contributed by atoms with Crippen LogP contribution in [-0.2, 0) is 4.84 Å². The first-order valence-electron chi connectivity index (χ1n) is 4.93. The number of carbonyl (C=O) groups excluding carboxylic acids is 1. The molecule has 0 saturated carbocycles. The van der Waals surface area contributed by atoms with Crippen LogP contribution >= 0.6 is 22.9 Å². The second-order valence-corrected chi connectivity index (χ2v) is 4.68. The third-order valence-corrected chi connectivity index (χ3v) is 3.76. The lowest BCUT2D eigenvalue weighted by atomic mass is 10.2. The fourth-order valence-electron chi connectivity index (χ4n) is 1.37. The average molecular weight is 274 g/mol. The van der Waals surface area contributed by atoms with Gasteiger partial charge in [0.2, 0.25) is 0 Å². The molecule has 0 unspecified atom stereocenters. The van der Waals surface area contributed by atoms with Crippen LogP contribution in [0.4, 0.5) is 4.39 Å². The number of benzene rings is 1. The minimum absolute atomic E-state index is 0.320. The molecular weight excluding hydrogens is 265 g/mol. The maximum atomic E-state index is 13.0. The molecule has 1 N–H and O–H groups in total. The largest absolute Gasteiger partial charge is 0.286 e. The Balaban J connectivity index is 2.41. The van der Waals surface area contributed by atoms with Crippen molar-refractivity contribution in [1.82, 2.24) is 5.48 Å². The summed E-state index contributed by atoms with van der Waals surface area (Å²) >= 11 is 7.19. The highest BCUT2D eigenvalue weighted by atomic mass is 35.5. The molecule has 3 nitrogen and oxygen atoms in total. The standard InChI is InChI=1S/C11H9ClFNO2S/c1-2-16-14-11(15)10-9(12)7-4-3-6(13)5-8(7)17-10/h3-5H,2H2,1H3,(H,14,15). The Labute approximate surface area is 106 Å². The van der Waals surface area contributed by atoms with E-state index in [0.29, 0.717) is 26.6 Å². The van der Waals surface area contributed by atoms with E-state index in [9.17, 15) is 9.18 Å². The van der Waals surface area contributed by atoms with E-state index >= 15 is 0 Å². The van der Waals surface area contributed by atoms with Crippen LogP contribution in [0.3, 0.4) is 0 Å². The van der Waals surface area contributed by atoms with Gasteiger partial charge >= 0.3 is 0 Å². The molecule has 0 aliphatic rings. The Bertz CT molecular complexity index is 570. The Morgan fingerprint density at radius 2 is 2.35 bits per heavy atom. The average Bonchev–Trinajstić information content (AvgIpc) is 2.63. The van der Waals surface area contributed by atoms with Crippen LogP contribution in [0.2, 0.25) is 5.02 Å². The van der Waals surface area contributed by atoms with Crippen LogP contribution in [0, 0.1) is 5.82 Å². The van der Waals surface area contributed by atoms with Crippen LogP contribution in [0.15, 0.2) is 18.2 Å². The Kier molecular flexibility index (Phi) is 3.61. The van der Waals surface area contributed by atoms with Gasteiger partial charge < -0.3 is 0 Å². The topological polar surface area (TPSA) is 38.3 Å². The number of amides is 1. The van der Waals surface area contributed by atoms with Crippen molar-refractivity contribution in [3.8, 4) is 0 Å². The normalized spacial score (nSPS) is 10.8. The molecule has 0 atom stereocenters. The minimum atomic E-state index is -0.418. The minimum Gasteiger partial charge on any atom is -0.274 e. The summed E-state index contributed by atoms with van der Waals surface area (Å²) in [7, 11) is 0. The molecule has 1 heterocycles. The van der Waals surface area contributed by atoms with Gasteiger partial charge in [-0.2, -0.15) is 0 Å². The van der Waals surface area contributed by atoms with Gasteiger partial charge in [-0.25, -0.2) is 9.87 Å². The first-order valence-corrected chi connectivity index (χ1v) is 6.12. The van der Waals surface area contributed by atoms with Crippen LogP contribution in [0.1, 0.15) is 16.6 Å². The molecule has 1 amide bonds. The van der Waals surface area contributed by atoms with E-state index in [1.807, 2.05) is 0 Å². The molecule has 0 fully saturated rings. The molecule has 1 aromatic heterocycles. The summed E-state index contributed by atoms with van der Waals surface area (Å²) < 4.78 is 13.7. The monoisotopic (exact) mass is 273 g/mol. The number of halogens is 2. The molecule has 0 aliphatic heterocycles. The predicted molar refractivity (Wildman–Crippen MR) is 65.9 cm³/mol. The van der Waals surface area contributed by atoms with Crippen molar-refractivity contribution < 1.29 is 14.0 Å². The maximum Gasteiger partial charge on any atom is 0.286 e. The molecule has 2 aromatic rings. The number of hydrogen-bond acceptors (Lipinski definition) is 3. The van der Waals surface area contributed by atoms with Gasteiger partial charge in [-0.3, -0.25) is 9.63 Å². The van der Waals surface area contributed by atoms with Gasteiger partial charge in [0.1, 0.15) is 10.7 Å². The van der Waals surface area contributed by atoms with Gasteiger partial charge in [0, 0.05) is 10.1 Å². The van der Waals surface area contributed by atoms with Gasteiger partial charge in [0.25, 0.3) is 5.91 Å². The molecule has 0 bridgehead atoms. The molecule has 0 spiro atoms. The molecule has 6 heteroatoms. The number of fused-ring (bicyclic) bond motifs is 1. The van der Waals surface area contributed by atoms with Crippen molar-refractivity contribution in [1.29, 1.82) is 0 Å². The van der Waals surface area contributed by atoms with E-state index in [2.05, 4.69) is 5.48 Å². The number of hydrogen-bond donors (Lipinski definition) is 1. The molecular formula is C11H9ClFNO2S. The Morgan fingerprint density at radius 1 is 1.59 bits per heavy atom. The van der Waals surface area contributed by atoms with Crippen LogP contribution in [-0.4, -0.2) is 12.5 Å². The van der Waals surface area contributed by atoms with Crippen molar-refractivity contribution in [2.24, 2.45) is 0 Å². The van der Waals surface area contributed by atoms with Crippen molar-refractivity contribution in [3.63, 3.8) is 0 Å². The van der Waals surface area contributed by atoms with Gasteiger partial charge in [0.05, 0.1) is 11.6 Å². The van der Waals surface area contributed by atoms with Crippen LogP contribution in [0.25, 0.3) is 10.1 Å². The summed E-state index contributed by atoms with van der Waals surface area (Å²) in [4.78, 5) is 16.8. The number of hydroxylamine groups is 1. The number of thiophene rings is 1. The summed E-state index contributed by atoms with van der Waals surface area (Å²) in [6.07, 6.45) is 0. The number of rotatable bonds is 3. The highest BCUT2D eigenvalue weighted by Gasteiger charge is 2.17. The summed E-state index contributed by atoms with van der Waals surface area (Å²) in [5.41, 5.74) is 2.26. The first-order chi connectivity index (χ1) is 8.13. The summed E-state index contributed by atoms with van der Waals surface area (Å²) in [5.74, 6) is -0.773. The van der Waals surface area contributed by atoms with E-state index in [1.54, 1.807) is 13.0 Å². The maximum absolute atomic E-state index is 13.0. The van der Waals surface area contributed by atoms with E-state index in [1.165, 1.54) is 12.1 Å². The van der Waals surface area contributed by atoms with E-state index in [0.717, 1.165) is 11.3 Å². The van der Waals surface area contributed by atoms with Crippen LogP contribution < -0.4 is 5.48 Å². The zero-order chi connectivity index (χ0) is 12.4. The zero-order valence-electron chi connectivity index (χ0n) is 8.92. The molecule has 0 radical (unpaired) electrons. The fourth-order valence-corrected chi connectivity index (χ4v) is 2.80. The fraction of sp³-hybridized carbons (Fsp3) is 0.182. The zero-order valence-corrected chi connectivity index (χ0v) is 10.5. The SMILES string of the molecule is CCONC(=O)c1sc2cc(F)ccc2c1Cl. The van der Waals surface area contributed by atoms with Crippen molar-refractivity contribution in [3.05, 3.63) is 33.9 Å². The van der Waals surface area contributed by atoms with Crippen molar-refractivity contribution in [2.75, 3.05) is 6.61 Å². The number of nitrogens with one attached hydrogen (secondary N) is 1. The quantitative estimate of drug-likeness (QED) is 0.871. The van der Waals surface area contributed by atoms with E-state index in [4.69, 9.17) is 16.4 Å². The smallest absolute Gasteiger partial charge is 0.274 e. The summed E-state index contributed by atoms with van der Waals surface area (Å²) in [6, 6.07) is 4.22. The molecule has 2 rings (SSSR count). The molecule has 0 aliphatic carbocycles. The predicted octanol–water partition coefficient (Wildman–Crippen LogP) is 3.38. The van der Waals surface area contributed by atoms with E-state index in [-0.39, 0.29) is 5.82 Å². The van der Waals surface area contributed by atoms with Gasteiger partial charge in [-0.15, -0.1) is 11.3 Å². The number of carbonyl (C=O) groups is 1. The third kappa shape index (κ3) is 2.41. The first kappa shape index (κ1) is 12.3. The lowest BCUT2D eigenvalue weighted by molar-refractivity contribution is 0.0368. The third-order valence-electron chi connectivity index (χ3n) is 2.11. The lowest BCUT2D eigenvalue weighted by Gasteiger charge is -2.01. The molecule has 17 heavy (non-hydrogen) atoms. The second kappa shape index (κ2) is 5.00. The lowest BCUT2D eigenvalue weighted by Crippen LogP contribution is -2.22. The summed E-state index contributed by atoms with van der Waals surface area (Å²) in [5, 5.41) is 0.988. The molecule has 90 valence electrons. The summed E-state index contributed by atoms with van der Waals surface area (Å²) in [6.45, 7) is 2.12. The molecule has 0 saturated heterocycles. The van der Waals surface area contributed by atoms with Crippen molar-refractivity contribution in [2.45, 2.75) is 6.92 Å². The van der Waals surface area contributed by atoms with Crippen molar-refractivity contribution >= 4 is 38.9 Å². The molecule has 1 aromatic carbocycles. The van der Waals surface area contributed by atoms with Gasteiger partial charge in [-0.05, 0) is 25.1 Å². The second-order valence-electron chi connectivity index (χ2n) is 3.25. The Morgan fingerprint density at radius 3 is 3.06 bits per heavy atom. The highest BCUT2D eigenvalue weighted by Crippen LogP contribution is 2.35. The van der Waals surface area contributed by atoms with E-state index < -0.39 is 5.91 Å². The Hall–Kier alpha value is -1.17. The highest BCUT2D eigenvalue weighted by molar-refractivity contribution is 7.21.